The van der Waals surface area contributed by atoms with Crippen LogP contribution in [-0.2, 0) is 4.79 Å². The molecule has 0 aromatic heterocycles. The molecule has 0 spiro atoms. The second-order valence-corrected chi connectivity index (χ2v) is 6.24. The van der Waals surface area contributed by atoms with Crippen LogP contribution in [0.1, 0.15) is 24.3 Å². The summed E-state index contributed by atoms with van der Waals surface area (Å²) in [4.78, 5) is 12.2. The van der Waals surface area contributed by atoms with Crippen molar-refractivity contribution in [2.45, 2.75) is 31.2 Å². The lowest BCUT2D eigenvalue weighted by Gasteiger charge is -2.13. The third kappa shape index (κ3) is 4.08. The van der Waals surface area contributed by atoms with Crippen molar-refractivity contribution < 1.29 is 27.8 Å². The Morgan fingerprint density at radius 3 is 2.50 bits per heavy atom. The summed E-state index contributed by atoms with van der Waals surface area (Å²) in [6.07, 6.45) is 0.465. The van der Waals surface area contributed by atoms with Crippen LogP contribution >= 0.6 is 0 Å². The van der Waals surface area contributed by atoms with Crippen LogP contribution < -0.4 is 10.1 Å². The van der Waals surface area contributed by atoms with Crippen LogP contribution in [-0.4, -0.2) is 30.0 Å². The molecule has 2 aliphatic rings. The first kappa shape index (κ1) is 16.8. The van der Waals surface area contributed by atoms with Crippen LogP contribution in [0.15, 0.2) is 36.4 Å². The number of halogens is 3. The van der Waals surface area contributed by atoms with Crippen LogP contribution in [0.5, 0.6) is 5.75 Å². The van der Waals surface area contributed by atoms with Gasteiger partial charge < -0.3 is 15.2 Å². The molecule has 130 valence electrons. The van der Waals surface area contributed by atoms with Crippen LogP contribution in [0.3, 0.4) is 0 Å². The highest BCUT2D eigenvalue weighted by Crippen LogP contribution is 2.48. The molecule has 4 nitrogen and oxygen atoms in total. The predicted molar refractivity (Wildman–Crippen MR) is 80.2 cm³/mol. The third-order valence-electron chi connectivity index (χ3n) is 4.40. The molecule has 0 aliphatic heterocycles. The lowest BCUT2D eigenvalue weighted by Crippen LogP contribution is -2.34. The first-order chi connectivity index (χ1) is 11.4. The van der Waals surface area contributed by atoms with Crippen molar-refractivity contribution >= 4 is 5.91 Å². The Bertz CT molecular complexity index is 627. The van der Waals surface area contributed by atoms with Gasteiger partial charge in [-0.2, -0.15) is 0 Å². The number of aliphatic hydroxyl groups excluding tert-OH is 1. The molecule has 2 aliphatic carbocycles. The fraction of sp³-hybridized carbons (Fsp3) is 0.471. The lowest BCUT2D eigenvalue weighted by atomic mass is 10.1. The first-order valence-electron chi connectivity index (χ1n) is 7.81. The Morgan fingerprint density at radius 2 is 1.92 bits per heavy atom. The molecule has 0 bridgehead atoms. The van der Waals surface area contributed by atoms with Gasteiger partial charge in [0.05, 0.1) is 0 Å². The smallest absolute Gasteiger partial charge is 0.406 e. The van der Waals surface area contributed by atoms with Gasteiger partial charge in [0.2, 0.25) is 5.91 Å². The lowest BCUT2D eigenvalue weighted by molar-refractivity contribution is -0.274. The van der Waals surface area contributed by atoms with E-state index in [1.165, 1.54) is 12.1 Å². The van der Waals surface area contributed by atoms with Gasteiger partial charge in [0.15, 0.2) is 0 Å². The number of hydrogen-bond donors (Lipinski definition) is 2. The number of ether oxygens (including phenoxy) is 1. The SMILES string of the molecule is O=C(N[C@@H]1C=C[C@H](CO)C1)C1CC1c1ccc(OC(F)(F)F)cc1. The maximum atomic E-state index is 12.2. The number of carbonyl (C=O) groups is 1. The van der Waals surface area contributed by atoms with Crippen molar-refractivity contribution in [3.8, 4) is 5.75 Å². The van der Waals surface area contributed by atoms with Crippen molar-refractivity contribution in [1.82, 2.24) is 5.32 Å². The number of aliphatic hydroxyl groups is 1. The zero-order chi connectivity index (χ0) is 17.3. The Morgan fingerprint density at radius 1 is 1.21 bits per heavy atom. The summed E-state index contributed by atoms with van der Waals surface area (Å²) in [5, 5.41) is 12.0. The maximum Gasteiger partial charge on any atom is 0.573 e. The van der Waals surface area contributed by atoms with Crippen molar-refractivity contribution in [2.24, 2.45) is 11.8 Å². The predicted octanol–water partition coefficient (Wildman–Crippen LogP) is 2.74. The summed E-state index contributed by atoms with van der Waals surface area (Å²) in [7, 11) is 0. The first-order valence-corrected chi connectivity index (χ1v) is 7.81. The molecule has 1 aromatic carbocycles. The van der Waals surface area contributed by atoms with Gasteiger partial charge in [0.1, 0.15) is 5.75 Å². The van der Waals surface area contributed by atoms with Crippen LogP contribution in [0.25, 0.3) is 0 Å². The van der Waals surface area contributed by atoms with E-state index < -0.39 is 6.36 Å². The summed E-state index contributed by atoms with van der Waals surface area (Å²) in [5.41, 5.74) is 0.833. The van der Waals surface area contributed by atoms with E-state index in [1.54, 1.807) is 12.1 Å². The Labute approximate surface area is 137 Å². The van der Waals surface area contributed by atoms with Crippen LogP contribution in [0, 0.1) is 11.8 Å². The molecule has 24 heavy (non-hydrogen) atoms. The second kappa shape index (κ2) is 6.47. The van der Waals surface area contributed by atoms with Gasteiger partial charge in [-0.25, -0.2) is 0 Å². The summed E-state index contributed by atoms with van der Waals surface area (Å²) in [6.45, 7) is 0.0707. The molecule has 1 fully saturated rings. The molecule has 2 unspecified atom stereocenters. The molecule has 1 saturated carbocycles. The minimum Gasteiger partial charge on any atom is -0.406 e. The number of carbonyl (C=O) groups excluding carboxylic acids is 1. The largest absolute Gasteiger partial charge is 0.573 e. The molecular weight excluding hydrogens is 323 g/mol. The van der Waals surface area contributed by atoms with Crippen molar-refractivity contribution in [3.05, 3.63) is 42.0 Å². The quantitative estimate of drug-likeness (QED) is 0.810. The molecule has 1 amide bonds. The number of nitrogens with one attached hydrogen (secondary N) is 1. The highest BCUT2D eigenvalue weighted by Gasteiger charge is 2.44. The minimum absolute atomic E-state index is 0.0314. The average Bonchev–Trinajstić information content (AvgIpc) is 3.19. The van der Waals surface area contributed by atoms with E-state index in [9.17, 15) is 18.0 Å². The number of rotatable bonds is 5. The van der Waals surface area contributed by atoms with E-state index in [0.717, 1.165) is 5.56 Å². The summed E-state index contributed by atoms with van der Waals surface area (Å²) in [6, 6.07) is 5.61. The molecule has 1 aromatic rings. The Balaban J connectivity index is 1.51. The molecule has 0 saturated heterocycles. The van der Waals surface area contributed by atoms with Crippen LogP contribution in [0.4, 0.5) is 13.2 Å². The van der Waals surface area contributed by atoms with Crippen molar-refractivity contribution in [1.29, 1.82) is 0 Å². The Hall–Kier alpha value is -2.02. The molecule has 7 heteroatoms. The fourth-order valence-electron chi connectivity index (χ4n) is 3.08. The van der Waals surface area contributed by atoms with E-state index >= 15 is 0 Å². The summed E-state index contributed by atoms with van der Waals surface area (Å²) < 4.78 is 40.2. The van der Waals surface area contributed by atoms with E-state index in [1.807, 2.05) is 12.2 Å². The number of amides is 1. The topological polar surface area (TPSA) is 58.6 Å². The van der Waals surface area contributed by atoms with Gasteiger partial charge in [0.25, 0.3) is 0 Å². The van der Waals surface area contributed by atoms with Gasteiger partial charge in [-0.1, -0.05) is 24.3 Å². The summed E-state index contributed by atoms with van der Waals surface area (Å²) in [5.74, 6) is -0.348. The fourth-order valence-corrected chi connectivity index (χ4v) is 3.08. The third-order valence-corrected chi connectivity index (χ3v) is 4.40. The second-order valence-electron chi connectivity index (χ2n) is 6.24. The van der Waals surface area contributed by atoms with Gasteiger partial charge in [-0.15, -0.1) is 13.2 Å². The molecule has 2 N–H and O–H groups in total. The molecule has 3 rings (SSSR count). The molecular formula is C17H18F3NO3. The highest BCUT2D eigenvalue weighted by atomic mass is 19.4. The van der Waals surface area contributed by atoms with Crippen molar-refractivity contribution in [2.75, 3.05) is 6.61 Å². The van der Waals surface area contributed by atoms with Gasteiger partial charge >= 0.3 is 6.36 Å². The van der Waals surface area contributed by atoms with Gasteiger partial charge in [-0.05, 0) is 36.5 Å². The number of benzene rings is 1. The number of hydrogen-bond acceptors (Lipinski definition) is 3. The summed E-state index contributed by atoms with van der Waals surface area (Å²) >= 11 is 0. The standard InChI is InChI=1S/C17H18F3NO3/c18-17(19,20)24-13-5-2-11(3-6-13)14-8-15(14)16(23)21-12-4-1-10(7-12)9-22/h1-6,10,12,14-15,22H,7-9H2,(H,21,23)/t10-,12+,14?,15?/m0/s1. The zero-order valence-electron chi connectivity index (χ0n) is 12.8. The van der Waals surface area contributed by atoms with Crippen molar-refractivity contribution in [3.63, 3.8) is 0 Å². The van der Waals surface area contributed by atoms with Gasteiger partial charge in [-0.3, -0.25) is 4.79 Å². The highest BCUT2D eigenvalue weighted by molar-refractivity contribution is 5.83. The monoisotopic (exact) mass is 341 g/mol. The van der Waals surface area contributed by atoms with E-state index in [-0.39, 0.29) is 42.1 Å². The van der Waals surface area contributed by atoms with E-state index in [4.69, 9.17) is 5.11 Å². The Kier molecular flexibility index (Phi) is 4.54. The van der Waals surface area contributed by atoms with Gasteiger partial charge in [0, 0.05) is 24.5 Å². The van der Waals surface area contributed by atoms with E-state index in [2.05, 4.69) is 10.1 Å². The minimum atomic E-state index is -4.70. The maximum absolute atomic E-state index is 12.2. The molecule has 0 heterocycles. The number of alkyl halides is 3. The molecule has 0 radical (unpaired) electrons. The van der Waals surface area contributed by atoms with Crippen LogP contribution in [0.2, 0.25) is 0 Å². The average molecular weight is 341 g/mol. The zero-order valence-corrected chi connectivity index (χ0v) is 12.8. The molecule has 4 atom stereocenters. The normalized spacial score (nSPS) is 28.7. The van der Waals surface area contributed by atoms with E-state index in [0.29, 0.717) is 12.8 Å².